The van der Waals surface area contributed by atoms with Crippen LogP contribution in [0.2, 0.25) is 0 Å². The first-order valence-corrected chi connectivity index (χ1v) is 6.76. The number of hydrogen-bond donors (Lipinski definition) is 3. The van der Waals surface area contributed by atoms with E-state index in [0.29, 0.717) is 11.8 Å². The number of nitrogens with zero attached hydrogens (tertiary/aromatic N) is 2. The zero-order chi connectivity index (χ0) is 13.2. The van der Waals surface area contributed by atoms with Gasteiger partial charge in [0.1, 0.15) is 0 Å². The Morgan fingerprint density at radius 1 is 1.32 bits per heavy atom. The molecule has 5 heteroatoms. The maximum atomic E-state index is 8.70. The molecule has 5 nitrogen and oxygen atoms in total. The normalized spacial score (nSPS) is 30.8. The molecule has 2 heterocycles. The van der Waals surface area contributed by atoms with E-state index < -0.39 is 0 Å². The lowest BCUT2D eigenvalue weighted by molar-refractivity contribution is -0.000813. The Kier molecular flexibility index (Phi) is 3.40. The van der Waals surface area contributed by atoms with Crippen molar-refractivity contribution < 1.29 is 5.21 Å². The van der Waals surface area contributed by atoms with Gasteiger partial charge in [-0.1, -0.05) is 30.3 Å². The highest BCUT2D eigenvalue weighted by Crippen LogP contribution is 2.42. The third-order valence-electron chi connectivity index (χ3n) is 4.21. The summed E-state index contributed by atoms with van der Waals surface area (Å²) in [6.45, 7) is 3.15. The molecule has 2 unspecified atom stereocenters. The molecule has 1 aromatic rings. The van der Waals surface area contributed by atoms with Gasteiger partial charge >= 0.3 is 0 Å². The largest absolute Gasteiger partial charge is 0.368 e. The van der Waals surface area contributed by atoms with Crippen LogP contribution in [0.5, 0.6) is 0 Å². The third kappa shape index (κ3) is 2.57. The minimum atomic E-state index is 0.135. The molecule has 4 rings (SSSR count). The van der Waals surface area contributed by atoms with Gasteiger partial charge in [0.15, 0.2) is 0 Å². The summed E-state index contributed by atoms with van der Waals surface area (Å²) in [5, 5.41) is 8.70. The van der Waals surface area contributed by atoms with E-state index in [2.05, 4.69) is 34.2 Å². The molecule has 3 aliphatic rings. The van der Waals surface area contributed by atoms with E-state index in [9.17, 15) is 0 Å². The molecule has 102 valence electrons. The number of guanidine groups is 1. The van der Waals surface area contributed by atoms with E-state index in [1.165, 1.54) is 12.0 Å². The first kappa shape index (κ1) is 12.4. The maximum absolute atomic E-state index is 8.70. The number of nitrogens with two attached hydrogens (primary N) is 1. The Balaban J connectivity index is 1.58. The molecule has 2 aliphatic heterocycles. The minimum Gasteiger partial charge on any atom is -0.368 e. The Morgan fingerprint density at radius 2 is 2.00 bits per heavy atom. The maximum Gasteiger partial charge on any atom is 0.213 e. The zero-order valence-corrected chi connectivity index (χ0v) is 10.9. The first-order valence-electron chi connectivity index (χ1n) is 6.76. The van der Waals surface area contributed by atoms with E-state index in [-0.39, 0.29) is 12.0 Å². The number of aliphatic imine (C=N–C) groups is 1. The SMILES string of the molecule is NC(=NC1C2CC1CN(Cc1ccccc1)C2)NO. The summed E-state index contributed by atoms with van der Waals surface area (Å²) in [6, 6.07) is 10.8. The van der Waals surface area contributed by atoms with Crippen molar-refractivity contribution in [1.82, 2.24) is 10.4 Å². The fourth-order valence-electron chi connectivity index (χ4n) is 3.33. The summed E-state index contributed by atoms with van der Waals surface area (Å²) in [4.78, 5) is 6.82. The van der Waals surface area contributed by atoms with Gasteiger partial charge in [-0.25, -0.2) is 10.5 Å². The van der Waals surface area contributed by atoms with Crippen molar-refractivity contribution in [2.24, 2.45) is 22.6 Å². The average molecular weight is 260 g/mol. The standard InChI is InChI=1S/C14H20N4O/c15-14(17-19)16-13-11-6-12(13)9-18(8-11)7-10-4-2-1-3-5-10/h1-5,11-13,19H,6-9H2,(H3,15,16,17). The zero-order valence-electron chi connectivity index (χ0n) is 10.9. The summed E-state index contributed by atoms with van der Waals surface area (Å²) in [6.07, 6.45) is 1.23. The van der Waals surface area contributed by atoms with Crippen LogP contribution in [0.4, 0.5) is 0 Å². The topological polar surface area (TPSA) is 73.9 Å². The molecule has 1 aliphatic carbocycles. The van der Waals surface area contributed by atoms with Gasteiger partial charge in [0.2, 0.25) is 5.96 Å². The number of benzene rings is 1. The lowest BCUT2D eigenvalue weighted by Crippen LogP contribution is -2.58. The van der Waals surface area contributed by atoms with Crippen LogP contribution in [0.25, 0.3) is 0 Å². The molecule has 3 fully saturated rings. The minimum absolute atomic E-state index is 0.135. The summed E-state index contributed by atoms with van der Waals surface area (Å²) in [5.41, 5.74) is 8.80. The Labute approximate surface area is 113 Å². The highest BCUT2D eigenvalue weighted by molar-refractivity contribution is 5.76. The number of piperidine rings is 2. The second-order valence-electron chi connectivity index (χ2n) is 5.55. The van der Waals surface area contributed by atoms with Crippen molar-refractivity contribution in [3.05, 3.63) is 35.9 Å². The fraction of sp³-hybridized carbons (Fsp3) is 0.500. The van der Waals surface area contributed by atoms with E-state index in [0.717, 1.165) is 19.6 Å². The molecular formula is C14H20N4O. The van der Waals surface area contributed by atoms with Gasteiger partial charge < -0.3 is 5.73 Å². The molecule has 2 bridgehead atoms. The highest BCUT2D eigenvalue weighted by atomic mass is 16.5. The molecule has 2 saturated heterocycles. The van der Waals surface area contributed by atoms with Gasteiger partial charge in [-0.2, -0.15) is 0 Å². The van der Waals surface area contributed by atoms with Crippen LogP contribution < -0.4 is 11.2 Å². The number of rotatable bonds is 3. The predicted molar refractivity (Wildman–Crippen MR) is 73.6 cm³/mol. The lowest BCUT2D eigenvalue weighted by atomic mass is 9.66. The van der Waals surface area contributed by atoms with Gasteiger partial charge in [0, 0.05) is 19.6 Å². The van der Waals surface area contributed by atoms with Crippen molar-refractivity contribution in [1.29, 1.82) is 0 Å². The monoisotopic (exact) mass is 260 g/mol. The molecule has 4 N–H and O–H groups in total. The predicted octanol–water partition coefficient (Wildman–Crippen LogP) is 0.800. The Morgan fingerprint density at radius 3 is 2.63 bits per heavy atom. The van der Waals surface area contributed by atoms with Crippen LogP contribution in [0.3, 0.4) is 0 Å². The van der Waals surface area contributed by atoms with Gasteiger partial charge in [-0.3, -0.25) is 10.1 Å². The van der Waals surface area contributed by atoms with Crippen LogP contribution >= 0.6 is 0 Å². The van der Waals surface area contributed by atoms with Crippen LogP contribution in [0.15, 0.2) is 35.3 Å². The molecule has 0 radical (unpaired) electrons. The molecule has 0 spiro atoms. The molecule has 1 aromatic carbocycles. The van der Waals surface area contributed by atoms with E-state index in [1.54, 1.807) is 0 Å². The van der Waals surface area contributed by atoms with Crippen molar-refractivity contribution in [2.45, 2.75) is 19.0 Å². The summed E-state index contributed by atoms with van der Waals surface area (Å²) < 4.78 is 0. The number of nitrogens with one attached hydrogen (secondary N) is 1. The number of hydrogen-bond acceptors (Lipinski definition) is 3. The lowest BCUT2D eigenvalue weighted by Gasteiger charge is -2.51. The number of fused-ring (bicyclic) bond motifs is 2. The second-order valence-corrected chi connectivity index (χ2v) is 5.55. The summed E-state index contributed by atoms with van der Waals surface area (Å²) in [7, 11) is 0. The molecule has 0 amide bonds. The van der Waals surface area contributed by atoms with E-state index in [1.807, 2.05) is 11.5 Å². The number of hydroxylamine groups is 1. The van der Waals surface area contributed by atoms with Gasteiger partial charge in [-0.05, 0) is 23.8 Å². The van der Waals surface area contributed by atoms with Crippen LogP contribution in [-0.2, 0) is 6.54 Å². The van der Waals surface area contributed by atoms with E-state index in [4.69, 9.17) is 10.9 Å². The second kappa shape index (κ2) is 5.19. The van der Waals surface area contributed by atoms with Crippen molar-refractivity contribution in [3.63, 3.8) is 0 Å². The van der Waals surface area contributed by atoms with Gasteiger partial charge in [0.25, 0.3) is 0 Å². The molecule has 2 atom stereocenters. The summed E-state index contributed by atoms with van der Waals surface area (Å²) >= 11 is 0. The van der Waals surface area contributed by atoms with E-state index >= 15 is 0 Å². The van der Waals surface area contributed by atoms with Crippen molar-refractivity contribution in [3.8, 4) is 0 Å². The molecule has 0 aromatic heterocycles. The Hall–Kier alpha value is -1.59. The molecule has 19 heavy (non-hydrogen) atoms. The average Bonchev–Trinajstić information content (AvgIpc) is 2.45. The van der Waals surface area contributed by atoms with Gasteiger partial charge in [-0.15, -0.1) is 0 Å². The van der Waals surface area contributed by atoms with Crippen LogP contribution in [-0.4, -0.2) is 35.2 Å². The van der Waals surface area contributed by atoms with Crippen molar-refractivity contribution in [2.75, 3.05) is 13.1 Å². The van der Waals surface area contributed by atoms with Crippen molar-refractivity contribution >= 4 is 5.96 Å². The van der Waals surface area contributed by atoms with Crippen LogP contribution in [0, 0.1) is 11.8 Å². The third-order valence-corrected chi connectivity index (χ3v) is 4.21. The molecular weight excluding hydrogens is 240 g/mol. The van der Waals surface area contributed by atoms with Gasteiger partial charge in [0.05, 0.1) is 6.04 Å². The Bertz CT molecular complexity index is 450. The smallest absolute Gasteiger partial charge is 0.213 e. The highest BCUT2D eigenvalue weighted by Gasteiger charge is 2.46. The molecule has 1 saturated carbocycles. The first-order chi connectivity index (χ1) is 9.26. The van der Waals surface area contributed by atoms with Crippen LogP contribution in [0.1, 0.15) is 12.0 Å². The fourth-order valence-corrected chi connectivity index (χ4v) is 3.33. The summed E-state index contributed by atoms with van der Waals surface area (Å²) in [5.74, 6) is 1.29. The quantitative estimate of drug-likeness (QED) is 0.427.